The molecule has 2 aromatic carbocycles. The average molecular weight is 384 g/mol. The maximum absolute atomic E-state index is 13.7. The summed E-state index contributed by atoms with van der Waals surface area (Å²) in [5.74, 6) is 0.0833. The molecular weight excluding hydrogens is 370 g/mol. The van der Waals surface area contributed by atoms with Crippen molar-refractivity contribution in [3.63, 3.8) is 0 Å². The van der Waals surface area contributed by atoms with E-state index >= 15 is 0 Å². The highest BCUT2D eigenvalue weighted by molar-refractivity contribution is 7.98. The molecule has 136 valence electrons. The van der Waals surface area contributed by atoms with E-state index in [1.165, 1.54) is 42.1 Å². The van der Waals surface area contributed by atoms with Crippen LogP contribution in [0.5, 0.6) is 5.75 Å². The molecule has 1 heterocycles. The van der Waals surface area contributed by atoms with Crippen LogP contribution in [-0.2, 0) is 12.4 Å². The molecule has 0 fully saturated rings. The van der Waals surface area contributed by atoms with Crippen LogP contribution in [0.25, 0.3) is 0 Å². The molecule has 0 unspecified atom stereocenters. The minimum absolute atomic E-state index is 0.0289. The summed E-state index contributed by atoms with van der Waals surface area (Å²) in [6, 6.07) is 13.9. The summed E-state index contributed by atoms with van der Waals surface area (Å²) in [4.78, 5) is 8.41. The number of aromatic nitrogens is 2. The zero-order valence-electron chi connectivity index (χ0n) is 14.0. The number of nitriles is 1. The van der Waals surface area contributed by atoms with E-state index in [1.54, 1.807) is 18.2 Å². The number of hydrogen-bond donors (Lipinski definition) is 1. The van der Waals surface area contributed by atoms with E-state index in [0.717, 1.165) is 0 Å². The molecule has 0 saturated carbocycles. The Morgan fingerprint density at radius 3 is 2.52 bits per heavy atom. The number of thioether (sulfide) groups is 1. The lowest BCUT2D eigenvalue weighted by Gasteiger charge is -2.10. The van der Waals surface area contributed by atoms with E-state index in [4.69, 9.17) is 10.5 Å². The molecule has 3 aromatic rings. The van der Waals surface area contributed by atoms with Crippen LogP contribution in [0.4, 0.5) is 14.6 Å². The molecule has 0 amide bonds. The van der Waals surface area contributed by atoms with Gasteiger partial charge in [-0.1, -0.05) is 30.0 Å². The number of nitrogens with two attached hydrogens (primary N) is 1. The van der Waals surface area contributed by atoms with Gasteiger partial charge in [-0.15, -0.1) is 0 Å². The lowest BCUT2D eigenvalue weighted by molar-refractivity contribution is 0.299. The van der Waals surface area contributed by atoms with Gasteiger partial charge in [-0.05, 0) is 35.9 Å². The first-order chi connectivity index (χ1) is 13.1. The fourth-order valence-electron chi connectivity index (χ4n) is 2.23. The van der Waals surface area contributed by atoms with Crippen molar-refractivity contribution in [1.82, 2.24) is 9.97 Å². The third kappa shape index (κ3) is 4.71. The van der Waals surface area contributed by atoms with Crippen molar-refractivity contribution < 1.29 is 13.5 Å². The first-order valence-electron chi connectivity index (χ1n) is 7.88. The number of anilines is 1. The smallest absolute Gasteiger partial charge is 0.190 e. The van der Waals surface area contributed by atoms with Crippen LogP contribution in [0.15, 0.2) is 53.7 Å². The molecule has 5 nitrogen and oxygen atoms in total. The van der Waals surface area contributed by atoms with E-state index in [2.05, 4.69) is 9.97 Å². The Hall–Kier alpha value is -3.18. The summed E-state index contributed by atoms with van der Waals surface area (Å²) in [6.45, 7) is -0.0332. The predicted octanol–water partition coefficient (Wildman–Crippen LogP) is 4.08. The molecule has 0 aliphatic rings. The maximum atomic E-state index is 13.7. The third-order valence-corrected chi connectivity index (χ3v) is 4.50. The fourth-order valence-corrected chi connectivity index (χ4v) is 3.09. The number of hydrogen-bond acceptors (Lipinski definition) is 6. The third-order valence-electron chi connectivity index (χ3n) is 3.61. The second kappa shape index (κ2) is 8.47. The highest BCUT2D eigenvalue weighted by Crippen LogP contribution is 2.25. The molecule has 0 saturated heterocycles. The van der Waals surface area contributed by atoms with Crippen LogP contribution in [0.3, 0.4) is 0 Å². The van der Waals surface area contributed by atoms with Crippen LogP contribution in [-0.4, -0.2) is 9.97 Å². The molecule has 2 N–H and O–H groups in total. The zero-order chi connectivity index (χ0) is 19.2. The summed E-state index contributed by atoms with van der Waals surface area (Å²) in [5, 5.41) is 9.61. The number of ether oxygens (including phenoxy) is 1. The van der Waals surface area contributed by atoms with Crippen molar-refractivity contribution in [2.75, 3.05) is 5.73 Å². The fraction of sp³-hybridized carbons (Fsp3) is 0.105. The highest BCUT2D eigenvalue weighted by Gasteiger charge is 2.14. The minimum atomic E-state index is -0.377. The van der Waals surface area contributed by atoms with Crippen molar-refractivity contribution >= 4 is 17.6 Å². The maximum Gasteiger partial charge on any atom is 0.190 e. The minimum Gasteiger partial charge on any atom is -0.487 e. The monoisotopic (exact) mass is 384 g/mol. The standard InChI is InChI=1S/C19H14F2N4OS/c20-13-5-7-14(8-6-13)26-10-17-15(9-22)18(23)25-19(24-17)27-11-12-3-1-2-4-16(12)21/h1-8H,10-11H2,(H2,23,24,25). The van der Waals surface area contributed by atoms with Gasteiger partial charge in [0.25, 0.3) is 0 Å². The summed E-state index contributed by atoms with van der Waals surface area (Å²) < 4.78 is 32.2. The second-order valence-electron chi connectivity index (χ2n) is 5.45. The quantitative estimate of drug-likeness (QED) is 0.509. The van der Waals surface area contributed by atoms with Crippen LogP contribution < -0.4 is 10.5 Å². The molecule has 0 radical (unpaired) electrons. The SMILES string of the molecule is N#Cc1c(N)nc(SCc2ccccc2F)nc1COc1ccc(F)cc1. The molecule has 1 aromatic heterocycles. The zero-order valence-corrected chi connectivity index (χ0v) is 14.8. The lowest BCUT2D eigenvalue weighted by Crippen LogP contribution is -2.08. The summed E-state index contributed by atoms with van der Waals surface area (Å²) >= 11 is 1.20. The van der Waals surface area contributed by atoms with Crippen molar-refractivity contribution in [3.05, 3.63) is 77.0 Å². The van der Waals surface area contributed by atoms with Gasteiger partial charge in [0.2, 0.25) is 0 Å². The van der Waals surface area contributed by atoms with Crippen molar-refractivity contribution in [2.24, 2.45) is 0 Å². The van der Waals surface area contributed by atoms with Gasteiger partial charge in [-0.25, -0.2) is 18.7 Å². The summed E-state index contributed by atoms with van der Waals surface area (Å²) in [5.41, 5.74) is 6.79. The van der Waals surface area contributed by atoms with Gasteiger partial charge in [-0.3, -0.25) is 0 Å². The van der Waals surface area contributed by atoms with Crippen LogP contribution in [0, 0.1) is 23.0 Å². The number of nitrogens with zero attached hydrogens (tertiary/aromatic N) is 3. The van der Waals surface area contributed by atoms with Crippen LogP contribution in [0.1, 0.15) is 16.8 Å². The van der Waals surface area contributed by atoms with E-state index < -0.39 is 0 Å². The van der Waals surface area contributed by atoms with Gasteiger partial charge >= 0.3 is 0 Å². The average Bonchev–Trinajstić information content (AvgIpc) is 2.67. The van der Waals surface area contributed by atoms with Gasteiger partial charge in [-0.2, -0.15) is 5.26 Å². The van der Waals surface area contributed by atoms with Gasteiger partial charge in [0, 0.05) is 5.75 Å². The van der Waals surface area contributed by atoms with Crippen molar-refractivity contribution in [1.29, 1.82) is 5.26 Å². The van der Waals surface area contributed by atoms with E-state index in [9.17, 15) is 14.0 Å². The summed E-state index contributed by atoms with van der Waals surface area (Å²) in [6.07, 6.45) is 0. The molecule has 0 bridgehead atoms. The van der Waals surface area contributed by atoms with E-state index in [1.807, 2.05) is 6.07 Å². The molecule has 0 aliphatic carbocycles. The Labute approximate surface area is 158 Å². The molecular formula is C19H14F2N4OS. The normalized spacial score (nSPS) is 10.4. The number of benzene rings is 2. The van der Waals surface area contributed by atoms with Gasteiger partial charge in [0.05, 0.1) is 0 Å². The van der Waals surface area contributed by atoms with Crippen LogP contribution in [0.2, 0.25) is 0 Å². The first kappa shape index (κ1) is 18.6. The second-order valence-corrected chi connectivity index (χ2v) is 6.39. The van der Waals surface area contributed by atoms with Crippen molar-refractivity contribution in [2.45, 2.75) is 17.5 Å². The lowest BCUT2D eigenvalue weighted by atomic mass is 10.2. The Morgan fingerprint density at radius 1 is 1.07 bits per heavy atom. The Bertz CT molecular complexity index is 990. The number of nitrogen functional groups attached to an aromatic ring is 1. The molecule has 0 aliphatic heterocycles. The van der Waals surface area contributed by atoms with Gasteiger partial charge in [0.15, 0.2) is 5.16 Å². The highest BCUT2D eigenvalue weighted by atomic mass is 32.2. The largest absolute Gasteiger partial charge is 0.487 e. The predicted molar refractivity (Wildman–Crippen MR) is 97.9 cm³/mol. The molecule has 3 rings (SSSR count). The summed E-state index contributed by atoms with van der Waals surface area (Å²) in [7, 11) is 0. The number of rotatable bonds is 6. The van der Waals surface area contributed by atoms with Gasteiger partial charge < -0.3 is 10.5 Å². The molecule has 0 atom stereocenters. The Morgan fingerprint density at radius 2 is 1.81 bits per heavy atom. The molecule has 27 heavy (non-hydrogen) atoms. The molecule has 8 heteroatoms. The number of halogens is 2. The molecule has 0 spiro atoms. The van der Waals surface area contributed by atoms with Gasteiger partial charge in [0.1, 0.15) is 47.1 Å². The van der Waals surface area contributed by atoms with Crippen LogP contribution >= 0.6 is 11.8 Å². The first-order valence-corrected chi connectivity index (χ1v) is 8.86. The van der Waals surface area contributed by atoms with Crippen molar-refractivity contribution in [3.8, 4) is 11.8 Å². The van der Waals surface area contributed by atoms with E-state index in [0.29, 0.717) is 27.9 Å². The Kier molecular flexibility index (Phi) is 5.84. The topological polar surface area (TPSA) is 84.8 Å². The Balaban J connectivity index is 1.77. The van der Waals surface area contributed by atoms with E-state index in [-0.39, 0.29) is 29.6 Å².